The van der Waals surface area contributed by atoms with Gasteiger partial charge < -0.3 is 4.74 Å². The molecule has 1 heterocycles. The summed E-state index contributed by atoms with van der Waals surface area (Å²) < 4.78 is 7.36. The minimum absolute atomic E-state index is 0.0772. The third kappa shape index (κ3) is 3.94. The van der Waals surface area contributed by atoms with Gasteiger partial charge in [-0.1, -0.05) is 50.0 Å². The van der Waals surface area contributed by atoms with Gasteiger partial charge in [0, 0.05) is 0 Å². The van der Waals surface area contributed by atoms with Crippen LogP contribution in [0.5, 0.6) is 5.75 Å². The molecule has 4 nitrogen and oxygen atoms in total. The smallest absolute Gasteiger partial charge is 0.262 e. The normalized spacial score (nSPS) is 10.6. The molecule has 0 radical (unpaired) electrons. The van der Waals surface area contributed by atoms with Gasteiger partial charge in [-0.05, 0) is 42.2 Å². The van der Waals surface area contributed by atoms with Crippen molar-refractivity contribution < 1.29 is 4.74 Å². The molecule has 0 aliphatic carbocycles. The molecule has 0 fully saturated rings. The number of hydrogen-bond donors (Lipinski definition) is 0. The van der Waals surface area contributed by atoms with Gasteiger partial charge in [0.15, 0.2) is 0 Å². The zero-order chi connectivity index (χ0) is 18.5. The molecule has 1 aromatic heterocycles. The molecule has 0 atom stereocenters. The average Bonchev–Trinajstić information content (AvgIpc) is 2.63. The van der Waals surface area contributed by atoms with E-state index in [1.807, 2.05) is 31.2 Å². The Hall–Kier alpha value is -3.06. The zero-order valence-electron chi connectivity index (χ0n) is 15.3. The summed E-state index contributed by atoms with van der Waals surface area (Å²) in [4.78, 5) is 16.7. The number of aryl methyl sites for hydroxylation is 1. The first-order valence-electron chi connectivity index (χ1n) is 8.69. The van der Waals surface area contributed by atoms with Gasteiger partial charge in [0.1, 0.15) is 12.4 Å². The Bertz CT molecular complexity index is 1040. The summed E-state index contributed by atoms with van der Waals surface area (Å²) in [5.74, 6) is 7.24. The average molecular weight is 346 g/mol. The number of fused-ring (bicyclic) bond motifs is 1. The second-order valence-electron chi connectivity index (χ2n) is 6.53. The SMILES string of the molecule is Cc1ccc(C(C)C)c(OCC#CCn2cnc3ccccc3c2=O)c1. The number of ether oxygens (including phenoxy) is 1. The fourth-order valence-electron chi connectivity index (χ4n) is 2.77. The quantitative estimate of drug-likeness (QED) is 0.673. The monoisotopic (exact) mass is 346 g/mol. The van der Waals surface area contributed by atoms with E-state index in [4.69, 9.17) is 4.74 Å². The summed E-state index contributed by atoms with van der Waals surface area (Å²) in [5, 5.41) is 0.606. The lowest BCUT2D eigenvalue weighted by Gasteiger charge is -2.13. The van der Waals surface area contributed by atoms with Crippen LogP contribution in [0.3, 0.4) is 0 Å². The molecule has 0 unspecified atom stereocenters. The van der Waals surface area contributed by atoms with Crippen LogP contribution >= 0.6 is 0 Å². The Balaban J connectivity index is 1.68. The third-order valence-electron chi connectivity index (χ3n) is 4.20. The third-order valence-corrected chi connectivity index (χ3v) is 4.20. The highest BCUT2D eigenvalue weighted by Gasteiger charge is 2.07. The van der Waals surface area contributed by atoms with Crippen molar-refractivity contribution in [3.8, 4) is 17.6 Å². The van der Waals surface area contributed by atoms with E-state index in [9.17, 15) is 4.79 Å². The molecule has 0 saturated heterocycles. The molecule has 0 aliphatic heterocycles. The molecule has 4 heteroatoms. The molecule has 0 N–H and O–H groups in total. The first-order chi connectivity index (χ1) is 12.6. The highest BCUT2D eigenvalue weighted by atomic mass is 16.5. The van der Waals surface area contributed by atoms with Gasteiger partial charge >= 0.3 is 0 Å². The zero-order valence-corrected chi connectivity index (χ0v) is 15.3. The second-order valence-corrected chi connectivity index (χ2v) is 6.53. The predicted octanol–water partition coefficient (Wildman–Crippen LogP) is 3.91. The topological polar surface area (TPSA) is 44.1 Å². The van der Waals surface area contributed by atoms with E-state index >= 15 is 0 Å². The summed E-state index contributed by atoms with van der Waals surface area (Å²) in [7, 11) is 0. The van der Waals surface area contributed by atoms with Gasteiger partial charge in [0.2, 0.25) is 0 Å². The number of hydrogen-bond acceptors (Lipinski definition) is 3. The largest absolute Gasteiger partial charge is 0.481 e. The van der Waals surface area contributed by atoms with Crippen molar-refractivity contribution in [3.63, 3.8) is 0 Å². The minimum Gasteiger partial charge on any atom is -0.481 e. The maximum absolute atomic E-state index is 12.4. The maximum Gasteiger partial charge on any atom is 0.262 e. The van der Waals surface area contributed by atoms with Crippen LogP contribution in [0, 0.1) is 18.8 Å². The van der Waals surface area contributed by atoms with Gasteiger partial charge in [-0.2, -0.15) is 0 Å². The molecule has 0 aliphatic rings. The summed E-state index contributed by atoms with van der Waals surface area (Å²) in [5.41, 5.74) is 2.95. The molecule has 26 heavy (non-hydrogen) atoms. The van der Waals surface area contributed by atoms with Crippen LogP contribution in [0.25, 0.3) is 10.9 Å². The highest BCUT2D eigenvalue weighted by Crippen LogP contribution is 2.27. The Morgan fingerprint density at radius 2 is 1.96 bits per heavy atom. The lowest BCUT2D eigenvalue weighted by molar-refractivity contribution is 0.364. The molecular weight excluding hydrogens is 324 g/mol. The van der Waals surface area contributed by atoms with E-state index in [-0.39, 0.29) is 5.56 Å². The maximum atomic E-state index is 12.4. The van der Waals surface area contributed by atoms with E-state index in [0.717, 1.165) is 11.3 Å². The predicted molar refractivity (Wildman–Crippen MR) is 105 cm³/mol. The molecule has 0 amide bonds. The standard InChI is InChI=1S/C22H22N2O2/c1-16(2)18-11-10-17(3)14-21(18)26-13-7-6-12-24-15-23-20-9-5-4-8-19(20)22(24)25/h4-5,8-11,14-16H,12-13H2,1-3H3. The van der Waals surface area contributed by atoms with Crippen molar-refractivity contribution in [1.29, 1.82) is 0 Å². The molecule has 0 spiro atoms. The lowest BCUT2D eigenvalue weighted by Crippen LogP contribution is -2.20. The fraction of sp³-hybridized carbons (Fsp3) is 0.273. The number of benzene rings is 2. The Morgan fingerprint density at radius 3 is 2.77 bits per heavy atom. The van der Waals surface area contributed by atoms with Crippen molar-refractivity contribution in [2.75, 3.05) is 6.61 Å². The van der Waals surface area contributed by atoms with Gasteiger partial charge in [-0.3, -0.25) is 9.36 Å². The van der Waals surface area contributed by atoms with Crippen molar-refractivity contribution in [2.45, 2.75) is 33.2 Å². The molecule has 3 aromatic rings. The Morgan fingerprint density at radius 1 is 1.15 bits per heavy atom. The number of rotatable bonds is 4. The Labute approximate surface area is 153 Å². The number of para-hydroxylation sites is 1. The van der Waals surface area contributed by atoms with Crippen LogP contribution in [-0.4, -0.2) is 16.2 Å². The molecule has 132 valence electrons. The number of nitrogens with zero attached hydrogens (tertiary/aromatic N) is 2. The van der Waals surface area contributed by atoms with E-state index in [1.165, 1.54) is 16.5 Å². The minimum atomic E-state index is -0.0772. The first-order valence-corrected chi connectivity index (χ1v) is 8.69. The summed E-state index contributed by atoms with van der Waals surface area (Å²) >= 11 is 0. The fourth-order valence-corrected chi connectivity index (χ4v) is 2.77. The van der Waals surface area contributed by atoms with Crippen molar-refractivity contribution >= 4 is 10.9 Å². The van der Waals surface area contributed by atoms with Crippen molar-refractivity contribution in [3.05, 3.63) is 70.3 Å². The van der Waals surface area contributed by atoms with Gasteiger partial charge in [0.05, 0.1) is 23.8 Å². The Kier molecular flexibility index (Phi) is 5.38. The van der Waals surface area contributed by atoms with Crippen LogP contribution < -0.4 is 10.3 Å². The van der Waals surface area contributed by atoms with Gasteiger partial charge in [0.25, 0.3) is 5.56 Å². The van der Waals surface area contributed by atoms with E-state index < -0.39 is 0 Å². The van der Waals surface area contributed by atoms with E-state index in [2.05, 4.69) is 42.8 Å². The molecular formula is C22H22N2O2. The molecule has 3 rings (SSSR count). The summed E-state index contributed by atoms with van der Waals surface area (Å²) in [6.45, 7) is 6.91. The van der Waals surface area contributed by atoms with Gasteiger partial charge in [-0.25, -0.2) is 4.98 Å². The molecule has 0 bridgehead atoms. The van der Waals surface area contributed by atoms with Crippen LogP contribution in [-0.2, 0) is 6.54 Å². The molecule has 2 aromatic carbocycles. The first kappa shape index (κ1) is 17.8. The van der Waals surface area contributed by atoms with Crippen LogP contribution in [0.2, 0.25) is 0 Å². The van der Waals surface area contributed by atoms with Crippen LogP contribution in [0.4, 0.5) is 0 Å². The van der Waals surface area contributed by atoms with Gasteiger partial charge in [-0.15, -0.1) is 0 Å². The highest BCUT2D eigenvalue weighted by molar-refractivity contribution is 5.76. The molecule has 0 saturated carbocycles. The van der Waals surface area contributed by atoms with Crippen molar-refractivity contribution in [2.24, 2.45) is 0 Å². The van der Waals surface area contributed by atoms with Crippen LogP contribution in [0.1, 0.15) is 30.9 Å². The lowest BCUT2D eigenvalue weighted by atomic mass is 10.0. The summed E-state index contributed by atoms with van der Waals surface area (Å²) in [6, 6.07) is 13.5. The van der Waals surface area contributed by atoms with Crippen molar-refractivity contribution in [1.82, 2.24) is 9.55 Å². The van der Waals surface area contributed by atoms with E-state index in [0.29, 0.717) is 30.0 Å². The second kappa shape index (κ2) is 7.88. The summed E-state index contributed by atoms with van der Waals surface area (Å²) in [6.07, 6.45) is 1.54. The van der Waals surface area contributed by atoms with E-state index in [1.54, 1.807) is 6.07 Å². The van der Waals surface area contributed by atoms with Crippen LogP contribution in [0.15, 0.2) is 53.6 Å². The number of aromatic nitrogens is 2.